The summed E-state index contributed by atoms with van der Waals surface area (Å²) < 4.78 is 6.75. The molecule has 0 saturated carbocycles. The average molecular weight is 552 g/mol. The molecule has 0 aliphatic heterocycles. The molecule has 6 heteroatoms. The van der Waals surface area contributed by atoms with Crippen LogP contribution in [-0.2, 0) is 22.6 Å². The van der Waals surface area contributed by atoms with E-state index >= 15 is 0 Å². The Labute approximate surface area is 223 Å². The van der Waals surface area contributed by atoms with Crippen LogP contribution in [0, 0.1) is 0 Å². The Kier molecular flexibility index (Phi) is 10.6. The number of nitrogens with zero attached hydrogens (tertiary/aromatic N) is 1. The molecule has 3 rings (SSSR count). The van der Waals surface area contributed by atoms with Gasteiger partial charge in [0.2, 0.25) is 5.91 Å². The van der Waals surface area contributed by atoms with Crippen molar-refractivity contribution < 1.29 is 14.3 Å². The van der Waals surface area contributed by atoms with Gasteiger partial charge in [-0.05, 0) is 57.1 Å². The second-order valence-electron chi connectivity index (χ2n) is 9.14. The van der Waals surface area contributed by atoms with Gasteiger partial charge in [-0.1, -0.05) is 87.5 Å². The van der Waals surface area contributed by atoms with Gasteiger partial charge < -0.3 is 15.0 Å². The predicted octanol–water partition coefficient (Wildman–Crippen LogP) is 6.12. The summed E-state index contributed by atoms with van der Waals surface area (Å²) in [7, 11) is 0. The van der Waals surface area contributed by atoms with Crippen molar-refractivity contribution in [2.75, 3.05) is 13.2 Å². The van der Waals surface area contributed by atoms with E-state index in [1.54, 1.807) is 4.90 Å². The number of benzene rings is 3. The number of halogens is 1. The largest absolute Gasteiger partial charge is 0.483 e. The van der Waals surface area contributed by atoms with Crippen LogP contribution in [0.25, 0.3) is 0 Å². The molecule has 0 fully saturated rings. The fourth-order valence-corrected chi connectivity index (χ4v) is 4.43. The van der Waals surface area contributed by atoms with Gasteiger partial charge in [-0.15, -0.1) is 0 Å². The van der Waals surface area contributed by atoms with E-state index in [-0.39, 0.29) is 18.4 Å². The third-order valence-corrected chi connectivity index (χ3v) is 6.61. The number of ether oxygens (including phenoxy) is 1. The third-order valence-electron chi connectivity index (χ3n) is 5.99. The molecular formula is C30H35BrN2O3. The zero-order chi connectivity index (χ0) is 25.9. The minimum Gasteiger partial charge on any atom is -0.483 e. The van der Waals surface area contributed by atoms with Crippen LogP contribution >= 0.6 is 15.9 Å². The molecule has 0 radical (unpaired) electrons. The van der Waals surface area contributed by atoms with Crippen molar-refractivity contribution in [1.29, 1.82) is 0 Å². The summed E-state index contributed by atoms with van der Waals surface area (Å²) in [6, 6.07) is 24.8. The van der Waals surface area contributed by atoms with Crippen LogP contribution in [0.15, 0.2) is 83.3 Å². The van der Waals surface area contributed by atoms with Crippen molar-refractivity contribution in [1.82, 2.24) is 10.2 Å². The highest BCUT2D eigenvalue weighted by Gasteiger charge is 2.30. The minimum absolute atomic E-state index is 0.160. The van der Waals surface area contributed by atoms with Crippen molar-refractivity contribution in [3.05, 3.63) is 100 Å². The highest BCUT2D eigenvalue weighted by Crippen LogP contribution is 2.29. The Morgan fingerprint density at radius 2 is 1.58 bits per heavy atom. The van der Waals surface area contributed by atoms with Crippen LogP contribution in [0.1, 0.15) is 49.8 Å². The van der Waals surface area contributed by atoms with Gasteiger partial charge in [0.1, 0.15) is 11.8 Å². The molecule has 5 nitrogen and oxygen atoms in total. The molecule has 0 aliphatic rings. The maximum atomic E-state index is 13.6. The van der Waals surface area contributed by atoms with Gasteiger partial charge in [-0.25, -0.2) is 0 Å². The van der Waals surface area contributed by atoms with Crippen LogP contribution in [0.5, 0.6) is 5.75 Å². The predicted molar refractivity (Wildman–Crippen MR) is 148 cm³/mol. The number of carbonyl (C=O) groups excluding carboxylic acids is 2. The summed E-state index contributed by atoms with van der Waals surface area (Å²) in [5, 5.41) is 2.99. The van der Waals surface area contributed by atoms with Crippen LogP contribution in [0.4, 0.5) is 0 Å². The summed E-state index contributed by atoms with van der Waals surface area (Å²) in [4.78, 5) is 28.6. The van der Waals surface area contributed by atoms with E-state index in [0.29, 0.717) is 31.2 Å². The highest BCUT2D eigenvalue weighted by molar-refractivity contribution is 9.10. The number of hydrogen-bond donors (Lipinski definition) is 1. The van der Waals surface area contributed by atoms with Gasteiger partial charge in [-0.2, -0.15) is 0 Å². The lowest BCUT2D eigenvalue weighted by Crippen LogP contribution is -2.51. The molecule has 2 amide bonds. The first-order valence-electron chi connectivity index (χ1n) is 12.5. The standard InChI is InChI=1S/C30H35BrN2O3/c1-4-17-32-30(35)27(18-23-11-7-5-8-12-23)33(20-24-13-9-6-10-14-24)29(34)21-36-28-16-15-25(22(2)3)19-26(28)31/h5-16,19,22,27H,4,17-18,20-21H2,1-3H3,(H,32,35)/t27-/m0/s1. The van der Waals surface area contributed by atoms with E-state index in [0.717, 1.165) is 22.0 Å². The second-order valence-corrected chi connectivity index (χ2v) is 9.99. The summed E-state index contributed by atoms with van der Waals surface area (Å²) in [6.07, 6.45) is 1.24. The molecule has 0 aliphatic carbocycles. The monoisotopic (exact) mass is 550 g/mol. The van der Waals surface area contributed by atoms with Gasteiger partial charge in [0.05, 0.1) is 4.47 Å². The first-order valence-corrected chi connectivity index (χ1v) is 13.3. The molecule has 0 unspecified atom stereocenters. The summed E-state index contributed by atoms with van der Waals surface area (Å²) in [6.45, 7) is 6.97. The highest BCUT2D eigenvalue weighted by atomic mass is 79.9. The normalized spacial score (nSPS) is 11.7. The molecule has 3 aromatic rings. The first kappa shape index (κ1) is 27.5. The van der Waals surface area contributed by atoms with Crippen molar-refractivity contribution in [3.8, 4) is 5.75 Å². The molecule has 0 bridgehead atoms. The fraction of sp³-hybridized carbons (Fsp3) is 0.333. The first-order chi connectivity index (χ1) is 17.4. The molecule has 0 saturated heterocycles. The number of nitrogens with one attached hydrogen (secondary N) is 1. The molecule has 1 N–H and O–H groups in total. The molecule has 0 heterocycles. The molecule has 0 spiro atoms. The molecule has 0 aromatic heterocycles. The maximum absolute atomic E-state index is 13.6. The molecule has 36 heavy (non-hydrogen) atoms. The van der Waals surface area contributed by atoms with Gasteiger partial charge in [0.25, 0.3) is 5.91 Å². The van der Waals surface area contributed by atoms with Crippen molar-refractivity contribution in [2.24, 2.45) is 0 Å². The van der Waals surface area contributed by atoms with Crippen molar-refractivity contribution in [3.63, 3.8) is 0 Å². The molecule has 3 aromatic carbocycles. The Morgan fingerprint density at radius 1 is 0.944 bits per heavy atom. The van der Waals surface area contributed by atoms with E-state index in [9.17, 15) is 9.59 Å². The SMILES string of the molecule is CCCNC(=O)[C@H](Cc1ccccc1)N(Cc1ccccc1)C(=O)COc1ccc(C(C)C)cc1Br. The van der Waals surface area contributed by atoms with Crippen LogP contribution in [0.3, 0.4) is 0 Å². The minimum atomic E-state index is -0.665. The quantitative estimate of drug-likeness (QED) is 0.295. The van der Waals surface area contributed by atoms with Gasteiger partial charge in [-0.3, -0.25) is 9.59 Å². The van der Waals surface area contributed by atoms with E-state index in [1.807, 2.05) is 85.8 Å². The van der Waals surface area contributed by atoms with Gasteiger partial charge in [0, 0.05) is 19.5 Å². The van der Waals surface area contributed by atoms with Crippen LogP contribution < -0.4 is 10.1 Å². The van der Waals surface area contributed by atoms with Crippen molar-refractivity contribution >= 4 is 27.7 Å². The van der Waals surface area contributed by atoms with E-state index < -0.39 is 6.04 Å². The number of amides is 2. The average Bonchev–Trinajstić information content (AvgIpc) is 2.89. The van der Waals surface area contributed by atoms with Gasteiger partial charge in [0.15, 0.2) is 6.61 Å². The molecule has 1 atom stereocenters. The fourth-order valence-electron chi connectivity index (χ4n) is 3.92. The smallest absolute Gasteiger partial charge is 0.261 e. The van der Waals surface area contributed by atoms with Crippen LogP contribution in [0.2, 0.25) is 0 Å². The lowest BCUT2D eigenvalue weighted by atomic mass is 10.0. The molecular weight excluding hydrogens is 516 g/mol. The summed E-state index contributed by atoms with van der Waals surface area (Å²) in [5.41, 5.74) is 3.13. The number of carbonyl (C=O) groups is 2. The zero-order valence-electron chi connectivity index (χ0n) is 21.2. The summed E-state index contributed by atoms with van der Waals surface area (Å²) in [5.74, 6) is 0.583. The van der Waals surface area contributed by atoms with E-state index in [1.165, 1.54) is 5.56 Å². The topological polar surface area (TPSA) is 58.6 Å². The van der Waals surface area contributed by atoms with Crippen LogP contribution in [-0.4, -0.2) is 35.9 Å². The Bertz CT molecular complexity index is 1120. The molecule has 190 valence electrons. The Balaban J connectivity index is 1.86. The second kappa shape index (κ2) is 13.8. The lowest BCUT2D eigenvalue weighted by molar-refractivity contribution is -0.142. The van der Waals surface area contributed by atoms with Crippen molar-refractivity contribution in [2.45, 2.75) is 52.1 Å². The maximum Gasteiger partial charge on any atom is 0.261 e. The number of rotatable bonds is 12. The Morgan fingerprint density at radius 3 is 2.17 bits per heavy atom. The third kappa shape index (κ3) is 7.95. The van der Waals surface area contributed by atoms with E-state index in [4.69, 9.17) is 4.74 Å². The van der Waals surface area contributed by atoms with E-state index in [2.05, 4.69) is 35.1 Å². The lowest BCUT2D eigenvalue weighted by Gasteiger charge is -2.31. The summed E-state index contributed by atoms with van der Waals surface area (Å²) >= 11 is 3.57. The van der Waals surface area contributed by atoms with Gasteiger partial charge >= 0.3 is 0 Å². The zero-order valence-corrected chi connectivity index (χ0v) is 22.8. The number of hydrogen-bond acceptors (Lipinski definition) is 3. The Hall–Kier alpha value is -3.12.